The average molecular weight is 363 g/mol. The number of halogens is 1. The Labute approximate surface area is 141 Å². The fraction of sp³-hybridized carbons (Fsp3) is 0.412. The molecule has 0 aliphatic rings. The Kier molecular flexibility index (Phi) is 5.77. The van der Waals surface area contributed by atoms with Crippen LogP contribution in [0.3, 0.4) is 0 Å². The second-order valence-electron chi connectivity index (χ2n) is 5.58. The Morgan fingerprint density at radius 2 is 1.95 bits per heavy atom. The maximum Gasteiger partial charge on any atom is 0.227 e. The predicted molar refractivity (Wildman–Crippen MR) is 97.1 cm³/mol. The first-order valence-electron chi connectivity index (χ1n) is 7.59. The van der Waals surface area contributed by atoms with Crippen LogP contribution >= 0.6 is 15.9 Å². The molecule has 118 valence electrons. The maximum absolute atomic E-state index is 4.63. The molecule has 1 N–H and O–H groups in total. The van der Waals surface area contributed by atoms with E-state index in [2.05, 4.69) is 68.2 Å². The lowest BCUT2D eigenvalue weighted by molar-refractivity contribution is 0.749. The van der Waals surface area contributed by atoms with Crippen molar-refractivity contribution in [1.29, 1.82) is 0 Å². The number of nitrogens with zero attached hydrogens (tertiary/aromatic N) is 3. The van der Waals surface area contributed by atoms with Gasteiger partial charge in [0.05, 0.1) is 5.69 Å². The Hall–Kier alpha value is -1.62. The van der Waals surface area contributed by atoms with Gasteiger partial charge in [-0.3, -0.25) is 0 Å². The van der Waals surface area contributed by atoms with Crippen molar-refractivity contribution in [3.8, 4) is 0 Å². The van der Waals surface area contributed by atoms with E-state index in [1.54, 1.807) is 0 Å². The number of rotatable bonds is 6. The van der Waals surface area contributed by atoms with Crippen LogP contribution in [-0.4, -0.2) is 23.6 Å². The molecular weight excluding hydrogens is 340 g/mol. The molecule has 0 atom stereocenters. The summed E-state index contributed by atoms with van der Waals surface area (Å²) in [5, 5.41) is 3.37. The molecule has 0 radical (unpaired) electrons. The summed E-state index contributed by atoms with van der Waals surface area (Å²) in [7, 11) is 2.04. The van der Waals surface area contributed by atoms with Gasteiger partial charge in [-0.1, -0.05) is 19.4 Å². The number of hydrogen-bond donors (Lipinski definition) is 1. The molecular formula is C17H23BrN4. The van der Waals surface area contributed by atoms with E-state index in [0.717, 1.165) is 47.0 Å². The third kappa shape index (κ3) is 4.44. The third-order valence-corrected chi connectivity index (χ3v) is 4.07. The van der Waals surface area contributed by atoms with E-state index >= 15 is 0 Å². The van der Waals surface area contributed by atoms with Gasteiger partial charge in [-0.25, -0.2) is 4.98 Å². The zero-order chi connectivity index (χ0) is 16.1. The Morgan fingerprint density at radius 3 is 2.64 bits per heavy atom. The molecule has 0 aliphatic carbocycles. The van der Waals surface area contributed by atoms with Gasteiger partial charge in [0.2, 0.25) is 5.95 Å². The van der Waals surface area contributed by atoms with Gasteiger partial charge >= 0.3 is 0 Å². The van der Waals surface area contributed by atoms with Crippen molar-refractivity contribution in [3.63, 3.8) is 0 Å². The summed E-state index contributed by atoms with van der Waals surface area (Å²) in [6, 6.07) is 8.18. The van der Waals surface area contributed by atoms with Gasteiger partial charge in [-0.2, -0.15) is 4.98 Å². The molecule has 22 heavy (non-hydrogen) atoms. The second-order valence-corrected chi connectivity index (χ2v) is 6.43. The van der Waals surface area contributed by atoms with Gasteiger partial charge in [-0.15, -0.1) is 0 Å². The molecule has 0 amide bonds. The molecule has 0 saturated carbocycles. The van der Waals surface area contributed by atoms with Crippen molar-refractivity contribution < 1.29 is 0 Å². The van der Waals surface area contributed by atoms with Gasteiger partial charge in [0.25, 0.3) is 0 Å². The number of nitrogens with one attached hydrogen (secondary N) is 1. The molecule has 1 heterocycles. The van der Waals surface area contributed by atoms with E-state index < -0.39 is 0 Å². The first-order valence-corrected chi connectivity index (χ1v) is 8.39. The van der Waals surface area contributed by atoms with Crippen molar-refractivity contribution in [2.75, 3.05) is 23.8 Å². The van der Waals surface area contributed by atoms with Gasteiger partial charge in [0.15, 0.2) is 0 Å². The molecule has 0 saturated heterocycles. The molecule has 0 spiro atoms. The SMILES string of the molecule is CCCCN(C)c1nc(C)cc(Nc2ccc(C)cc2Br)n1. The van der Waals surface area contributed by atoms with E-state index in [4.69, 9.17) is 0 Å². The maximum atomic E-state index is 4.63. The average Bonchev–Trinajstić information content (AvgIpc) is 2.47. The van der Waals surface area contributed by atoms with Crippen molar-refractivity contribution >= 4 is 33.4 Å². The minimum atomic E-state index is 0.763. The van der Waals surface area contributed by atoms with Crippen LogP contribution in [0.4, 0.5) is 17.5 Å². The van der Waals surface area contributed by atoms with Crippen molar-refractivity contribution in [1.82, 2.24) is 9.97 Å². The molecule has 0 fully saturated rings. The Morgan fingerprint density at radius 1 is 1.18 bits per heavy atom. The molecule has 5 heteroatoms. The summed E-state index contributed by atoms with van der Waals surface area (Å²) >= 11 is 3.59. The van der Waals surface area contributed by atoms with E-state index in [1.807, 2.05) is 20.0 Å². The quantitative estimate of drug-likeness (QED) is 0.798. The first kappa shape index (κ1) is 16.7. The van der Waals surface area contributed by atoms with Crippen LogP contribution in [0.15, 0.2) is 28.7 Å². The topological polar surface area (TPSA) is 41.1 Å². The van der Waals surface area contributed by atoms with Crippen LogP contribution in [-0.2, 0) is 0 Å². The summed E-state index contributed by atoms with van der Waals surface area (Å²) in [6.07, 6.45) is 2.30. The number of aromatic nitrogens is 2. The fourth-order valence-electron chi connectivity index (χ4n) is 2.14. The lowest BCUT2D eigenvalue weighted by Crippen LogP contribution is -2.21. The number of hydrogen-bond acceptors (Lipinski definition) is 4. The third-order valence-electron chi connectivity index (χ3n) is 3.42. The number of aryl methyl sites for hydroxylation is 2. The van der Waals surface area contributed by atoms with Gasteiger partial charge in [0, 0.05) is 29.8 Å². The van der Waals surface area contributed by atoms with Crippen LogP contribution in [0.1, 0.15) is 31.0 Å². The van der Waals surface area contributed by atoms with E-state index in [0.29, 0.717) is 0 Å². The van der Waals surface area contributed by atoms with Gasteiger partial charge in [0.1, 0.15) is 5.82 Å². The van der Waals surface area contributed by atoms with Crippen molar-refractivity contribution in [3.05, 3.63) is 40.0 Å². The predicted octanol–water partition coefficient (Wildman–Crippen LogP) is 4.84. The number of anilines is 3. The zero-order valence-corrected chi connectivity index (χ0v) is 15.2. The highest BCUT2D eigenvalue weighted by atomic mass is 79.9. The first-order chi connectivity index (χ1) is 10.5. The molecule has 2 rings (SSSR count). The summed E-state index contributed by atoms with van der Waals surface area (Å²) < 4.78 is 1.03. The molecule has 1 aromatic carbocycles. The van der Waals surface area contributed by atoms with Crippen molar-refractivity contribution in [2.24, 2.45) is 0 Å². The lowest BCUT2D eigenvalue weighted by Gasteiger charge is -2.18. The minimum Gasteiger partial charge on any atom is -0.344 e. The van der Waals surface area contributed by atoms with Crippen LogP contribution < -0.4 is 10.2 Å². The van der Waals surface area contributed by atoms with E-state index in [-0.39, 0.29) is 0 Å². The van der Waals surface area contributed by atoms with Gasteiger partial charge < -0.3 is 10.2 Å². The summed E-state index contributed by atoms with van der Waals surface area (Å²) in [4.78, 5) is 11.3. The second kappa shape index (κ2) is 7.58. The summed E-state index contributed by atoms with van der Waals surface area (Å²) in [5.74, 6) is 1.58. The Bertz CT molecular complexity index is 643. The van der Waals surface area contributed by atoms with Crippen LogP contribution in [0, 0.1) is 13.8 Å². The van der Waals surface area contributed by atoms with Crippen LogP contribution in [0.5, 0.6) is 0 Å². The fourth-order valence-corrected chi connectivity index (χ4v) is 2.73. The monoisotopic (exact) mass is 362 g/mol. The minimum absolute atomic E-state index is 0.763. The standard InChI is InChI=1S/C17H23BrN4/c1-5-6-9-22(4)17-19-13(3)11-16(21-17)20-15-8-7-12(2)10-14(15)18/h7-8,10-11H,5-6,9H2,1-4H3,(H,19,20,21). The van der Waals surface area contributed by atoms with Crippen LogP contribution in [0.25, 0.3) is 0 Å². The molecule has 0 aliphatic heterocycles. The summed E-state index contributed by atoms with van der Waals surface area (Å²) in [5.41, 5.74) is 3.18. The molecule has 0 bridgehead atoms. The van der Waals surface area contributed by atoms with E-state index in [1.165, 1.54) is 5.56 Å². The largest absolute Gasteiger partial charge is 0.344 e. The van der Waals surface area contributed by atoms with Crippen molar-refractivity contribution in [2.45, 2.75) is 33.6 Å². The van der Waals surface area contributed by atoms with Gasteiger partial charge in [-0.05, 0) is 53.9 Å². The highest BCUT2D eigenvalue weighted by Gasteiger charge is 2.08. The molecule has 0 unspecified atom stereocenters. The van der Waals surface area contributed by atoms with E-state index in [9.17, 15) is 0 Å². The molecule has 2 aromatic rings. The highest BCUT2D eigenvalue weighted by Crippen LogP contribution is 2.26. The zero-order valence-electron chi connectivity index (χ0n) is 13.7. The normalized spacial score (nSPS) is 10.6. The molecule has 4 nitrogen and oxygen atoms in total. The Balaban J connectivity index is 2.22. The number of benzene rings is 1. The highest BCUT2D eigenvalue weighted by molar-refractivity contribution is 9.10. The summed E-state index contributed by atoms with van der Waals surface area (Å²) in [6.45, 7) is 7.22. The lowest BCUT2D eigenvalue weighted by atomic mass is 10.2. The smallest absolute Gasteiger partial charge is 0.227 e. The number of unbranched alkanes of at least 4 members (excludes halogenated alkanes) is 1. The van der Waals surface area contributed by atoms with Crippen LogP contribution in [0.2, 0.25) is 0 Å². The molecule has 1 aromatic heterocycles.